The second-order valence-electron chi connectivity index (χ2n) is 13.9. The molecular formula is C27H48O3Si. The normalized spacial score (nSPS) is 47.1. The maximum atomic E-state index is 6.93. The summed E-state index contributed by atoms with van der Waals surface area (Å²) in [4.78, 5) is 0. The molecule has 0 N–H and O–H groups in total. The van der Waals surface area contributed by atoms with E-state index in [9.17, 15) is 0 Å². The van der Waals surface area contributed by atoms with Crippen LogP contribution in [0.15, 0.2) is 0 Å². The van der Waals surface area contributed by atoms with Gasteiger partial charge in [0.1, 0.15) is 0 Å². The van der Waals surface area contributed by atoms with Gasteiger partial charge in [0.05, 0.1) is 13.2 Å². The Morgan fingerprint density at radius 3 is 2.19 bits per heavy atom. The number of ether oxygens (including phenoxy) is 2. The van der Waals surface area contributed by atoms with Crippen LogP contribution >= 0.6 is 0 Å². The lowest BCUT2D eigenvalue weighted by atomic mass is 9.45. The predicted octanol–water partition coefficient (Wildman–Crippen LogP) is 7.16. The summed E-state index contributed by atoms with van der Waals surface area (Å²) in [6.07, 6.45) is 12.4. The summed E-state index contributed by atoms with van der Waals surface area (Å²) >= 11 is 0. The summed E-state index contributed by atoms with van der Waals surface area (Å²) in [5.41, 5.74) is 0.751. The van der Waals surface area contributed by atoms with Crippen molar-refractivity contribution in [1.82, 2.24) is 0 Å². The zero-order valence-corrected chi connectivity index (χ0v) is 22.4. The molecule has 178 valence electrons. The standard InChI is InChI=1S/C27H48O3Si/c1-24(2,3)31(6,7)30-20-10-13-25(4)19(18-20)8-9-21-22(25)11-14-26(5)23(21)12-15-27(26)28-16-17-29-27/h19-23H,8-18H2,1-7H3/t19-,20-,21+,22-,23-,25-,26-/m0/s1. The van der Waals surface area contributed by atoms with E-state index in [1.165, 1.54) is 51.4 Å². The summed E-state index contributed by atoms with van der Waals surface area (Å²) in [6, 6.07) is 0. The number of hydrogen-bond acceptors (Lipinski definition) is 3. The Morgan fingerprint density at radius 1 is 0.839 bits per heavy atom. The van der Waals surface area contributed by atoms with Crippen molar-refractivity contribution in [2.45, 2.75) is 122 Å². The SMILES string of the molecule is CC(C)(C)[Si](C)(C)O[C@H]1CC[C@@]2(C)[C@@H](CC[C@@H]3[C@@H]2CC[C@@]2(C)[C@H]3CCC23OCCO3)C1. The van der Waals surface area contributed by atoms with Crippen molar-refractivity contribution in [3.8, 4) is 0 Å². The van der Waals surface area contributed by atoms with Gasteiger partial charge in [0, 0.05) is 17.9 Å². The van der Waals surface area contributed by atoms with E-state index in [1.54, 1.807) is 0 Å². The molecule has 31 heavy (non-hydrogen) atoms. The fourth-order valence-electron chi connectivity index (χ4n) is 8.80. The quantitative estimate of drug-likeness (QED) is 0.419. The van der Waals surface area contributed by atoms with E-state index in [4.69, 9.17) is 13.9 Å². The first-order chi connectivity index (χ1) is 14.4. The van der Waals surface area contributed by atoms with Gasteiger partial charge in [0.2, 0.25) is 0 Å². The topological polar surface area (TPSA) is 27.7 Å². The van der Waals surface area contributed by atoms with Crippen LogP contribution in [-0.2, 0) is 13.9 Å². The largest absolute Gasteiger partial charge is 0.414 e. The first kappa shape index (κ1) is 22.9. The lowest BCUT2D eigenvalue weighted by Gasteiger charge is -2.62. The van der Waals surface area contributed by atoms with Crippen LogP contribution in [0.25, 0.3) is 0 Å². The van der Waals surface area contributed by atoms with E-state index in [0.717, 1.165) is 43.3 Å². The fraction of sp³-hybridized carbons (Fsp3) is 1.00. The molecule has 3 nitrogen and oxygen atoms in total. The number of rotatable bonds is 2. The fourth-order valence-corrected chi connectivity index (χ4v) is 10.2. The molecule has 4 heteroatoms. The van der Waals surface area contributed by atoms with Crippen LogP contribution in [0.5, 0.6) is 0 Å². The van der Waals surface area contributed by atoms with Gasteiger partial charge in [0.25, 0.3) is 0 Å². The molecule has 1 spiro atoms. The Balaban J connectivity index is 1.31. The van der Waals surface area contributed by atoms with E-state index in [1.807, 2.05) is 0 Å². The van der Waals surface area contributed by atoms with Gasteiger partial charge in [-0.1, -0.05) is 34.6 Å². The molecule has 7 atom stereocenters. The second-order valence-corrected chi connectivity index (χ2v) is 18.6. The van der Waals surface area contributed by atoms with Gasteiger partial charge >= 0.3 is 0 Å². The Hall–Kier alpha value is 0.0969. The van der Waals surface area contributed by atoms with Crippen LogP contribution in [0.1, 0.15) is 92.4 Å². The van der Waals surface area contributed by atoms with Crippen molar-refractivity contribution in [1.29, 1.82) is 0 Å². The van der Waals surface area contributed by atoms with Crippen LogP contribution in [0, 0.1) is 34.5 Å². The minimum atomic E-state index is -1.68. The van der Waals surface area contributed by atoms with Crippen molar-refractivity contribution in [2.24, 2.45) is 34.5 Å². The smallest absolute Gasteiger partial charge is 0.192 e. The molecule has 0 aromatic carbocycles. The third-order valence-corrected chi connectivity index (χ3v) is 16.2. The number of hydrogen-bond donors (Lipinski definition) is 0. The van der Waals surface area contributed by atoms with Gasteiger partial charge in [-0.2, -0.15) is 0 Å². The summed E-state index contributed by atoms with van der Waals surface area (Å²) in [5, 5.41) is 0.308. The first-order valence-electron chi connectivity index (χ1n) is 13.4. The Bertz CT molecular complexity index is 693. The average Bonchev–Trinajstić information content (AvgIpc) is 3.27. The molecule has 0 amide bonds. The van der Waals surface area contributed by atoms with Gasteiger partial charge in [-0.25, -0.2) is 0 Å². The average molecular weight is 449 g/mol. The van der Waals surface area contributed by atoms with Gasteiger partial charge in [-0.05, 0) is 98.6 Å². The highest BCUT2D eigenvalue weighted by molar-refractivity contribution is 6.74. The lowest BCUT2D eigenvalue weighted by molar-refractivity contribution is -0.247. The first-order valence-corrected chi connectivity index (χ1v) is 16.3. The van der Waals surface area contributed by atoms with Gasteiger partial charge < -0.3 is 13.9 Å². The van der Waals surface area contributed by atoms with E-state index in [2.05, 4.69) is 47.7 Å². The third-order valence-electron chi connectivity index (χ3n) is 11.7. The van der Waals surface area contributed by atoms with Crippen LogP contribution in [0.3, 0.4) is 0 Å². The van der Waals surface area contributed by atoms with Crippen molar-refractivity contribution in [2.75, 3.05) is 13.2 Å². The Morgan fingerprint density at radius 2 is 1.52 bits per heavy atom. The molecule has 0 aromatic rings. The zero-order chi connectivity index (χ0) is 22.3. The molecule has 4 aliphatic carbocycles. The number of fused-ring (bicyclic) bond motifs is 6. The highest BCUT2D eigenvalue weighted by atomic mass is 28.4. The van der Waals surface area contributed by atoms with Gasteiger partial charge in [-0.3, -0.25) is 0 Å². The molecule has 0 aromatic heterocycles. The van der Waals surface area contributed by atoms with Gasteiger partial charge in [0.15, 0.2) is 14.1 Å². The molecule has 5 aliphatic rings. The van der Waals surface area contributed by atoms with E-state index >= 15 is 0 Å². The van der Waals surface area contributed by atoms with Crippen LogP contribution in [-0.4, -0.2) is 33.4 Å². The third kappa shape index (κ3) is 3.28. The minimum Gasteiger partial charge on any atom is -0.414 e. The lowest BCUT2D eigenvalue weighted by Crippen LogP contribution is -2.57. The minimum absolute atomic E-state index is 0.233. The molecule has 0 radical (unpaired) electrons. The molecule has 5 rings (SSSR count). The molecule has 1 aliphatic heterocycles. The summed E-state index contributed by atoms with van der Waals surface area (Å²) in [6.45, 7) is 18.8. The second kappa shape index (κ2) is 7.30. The molecule has 0 bridgehead atoms. The molecule has 4 saturated carbocycles. The van der Waals surface area contributed by atoms with E-state index in [-0.39, 0.29) is 11.2 Å². The van der Waals surface area contributed by atoms with Crippen LogP contribution in [0.2, 0.25) is 18.1 Å². The van der Waals surface area contributed by atoms with Crippen molar-refractivity contribution >= 4 is 8.32 Å². The highest BCUT2D eigenvalue weighted by Gasteiger charge is 2.67. The Kier molecular flexibility index (Phi) is 5.38. The highest BCUT2D eigenvalue weighted by Crippen LogP contribution is 2.69. The van der Waals surface area contributed by atoms with Gasteiger partial charge in [-0.15, -0.1) is 0 Å². The van der Waals surface area contributed by atoms with Crippen LogP contribution in [0.4, 0.5) is 0 Å². The maximum absolute atomic E-state index is 6.93. The summed E-state index contributed by atoms with van der Waals surface area (Å²) in [5.74, 6) is 3.17. The monoisotopic (exact) mass is 448 g/mol. The zero-order valence-electron chi connectivity index (χ0n) is 21.4. The molecular weight excluding hydrogens is 400 g/mol. The van der Waals surface area contributed by atoms with Crippen molar-refractivity contribution in [3.63, 3.8) is 0 Å². The van der Waals surface area contributed by atoms with Crippen molar-refractivity contribution in [3.05, 3.63) is 0 Å². The molecule has 0 unspecified atom stereocenters. The molecule has 1 heterocycles. The Labute approximate surface area is 192 Å². The summed E-state index contributed by atoms with van der Waals surface area (Å²) in [7, 11) is -1.68. The van der Waals surface area contributed by atoms with Crippen molar-refractivity contribution < 1.29 is 13.9 Å². The summed E-state index contributed by atoms with van der Waals surface area (Å²) < 4.78 is 19.6. The predicted molar refractivity (Wildman–Crippen MR) is 128 cm³/mol. The van der Waals surface area contributed by atoms with E-state index in [0.29, 0.717) is 16.6 Å². The molecule has 1 saturated heterocycles. The molecule has 5 fully saturated rings. The maximum Gasteiger partial charge on any atom is 0.192 e. The van der Waals surface area contributed by atoms with Crippen LogP contribution < -0.4 is 0 Å². The van der Waals surface area contributed by atoms with E-state index < -0.39 is 8.32 Å².